The summed E-state index contributed by atoms with van der Waals surface area (Å²) in [6.07, 6.45) is 2.15. The summed E-state index contributed by atoms with van der Waals surface area (Å²) in [5.41, 5.74) is 3.86. The van der Waals surface area contributed by atoms with Crippen LogP contribution < -0.4 is 14.8 Å². The number of rotatable bonds is 1. The van der Waals surface area contributed by atoms with Crippen LogP contribution in [-0.2, 0) is 6.54 Å². The number of nitrogens with zero attached hydrogens (tertiary/aromatic N) is 1. The smallest absolute Gasteiger partial charge is 0.231 e. The van der Waals surface area contributed by atoms with Gasteiger partial charge in [-0.2, -0.15) is 0 Å². The highest BCUT2D eigenvalue weighted by molar-refractivity contribution is 7.10. The topological polar surface area (TPSA) is 40.0 Å². The molecule has 5 rings (SSSR count). The predicted molar refractivity (Wildman–Crippen MR) is 83.7 cm³/mol. The Morgan fingerprint density at radius 1 is 1.14 bits per heavy atom. The van der Waals surface area contributed by atoms with Crippen LogP contribution in [0.5, 0.6) is 11.5 Å². The van der Waals surface area contributed by atoms with Gasteiger partial charge in [-0.3, -0.25) is 0 Å². The second-order valence-corrected chi connectivity index (χ2v) is 6.56. The van der Waals surface area contributed by atoms with Crippen LogP contribution in [0.3, 0.4) is 0 Å². The van der Waals surface area contributed by atoms with Crippen molar-refractivity contribution in [3.05, 3.63) is 64.1 Å². The molecule has 1 atom stereocenters. The van der Waals surface area contributed by atoms with E-state index in [9.17, 15) is 0 Å². The van der Waals surface area contributed by atoms with Crippen molar-refractivity contribution < 1.29 is 14.8 Å². The molecule has 2 aliphatic heterocycles. The van der Waals surface area contributed by atoms with Gasteiger partial charge in [0.05, 0.1) is 16.3 Å². The van der Waals surface area contributed by atoms with Crippen molar-refractivity contribution in [2.24, 2.45) is 0 Å². The minimum atomic E-state index is 0.268. The molecule has 2 aromatic heterocycles. The van der Waals surface area contributed by atoms with Crippen molar-refractivity contribution in [2.45, 2.75) is 12.6 Å². The van der Waals surface area contributed by atoms with Crippen LogP contribution in [0.4, 0.5) is 0 Å². The molecule has 0 aliphatic carbocycles. The van der Waals surface area contributed by atoms with Gasteiger partial charge in [-0.15, -0.1) is 11.3 Å². The lowest BCUT2D eigenvalue weighted by atomic mass is 10.0. The van der Waals surface area contributed by atoms with Gasteiger partial charge in [0.15, 0.2) is 17.5 Å². The maximum atomic E-state index is 5.54. The molecular weight excluding hydrogens is 296 g/mol. The Labute approximate surface area is 131 Å². The van der Waals surface area contributed by atoms with E-state index in [0.717, 1.165) is 18.0 Å². The number of ether oxygens (including phenoxy) is 2. The van der Waals surface area contributed by atoms with E-state index >= 15 is 0 Å². The molecule has 0 bridgehead atoms. The Bertz CT molecular complexity index is 852. The molecule has 0 amide bonds. The van der Waals surface area contributed by atoms with Crippen LogP contribution >= 0.6 is 11.3 Å². The zero-order valence-corrected chi connectivity index (χ0v) is 12.7. The van der Waals surface area contributed by atoms with Gasteiger partial charge < -0.3 is 19.4 Å². The van der Waals surface area contributed by atoms with E-state index in [4.69, 9.17) is 9.47 Å². The molecule has 2 N–H and O–H groups in total. The van der Waals surface area contributed by atoms with Crippen LogP contribution in [-0.4, -0.2) is 11.4 Å². The summed E-state index contributed by atoms with van der Waals surface area (Å²) in [6.45, 7) is 1.31. The van der Waals surface area contributed by atoms with Crippen LogP contribution in [0.1, 0.15) is 22.2 Å². The van der Waals surface area contributed by atoms with Gasteiger partial charge in [0.25, 0.3) is 0 Å². The van der Waals surface area contributed by atoms with E-state index in [1.54, 1.807) is 0 Å². The highest BCUT2D eigenvalue weighted by Gasteiger charge is 2.28. The first-order valence-electron chi connectivity index (χ1n) is 7.37. The summed E-state index contributed by atoms with van der Waals surface area (Å²) in [6, 6.07) is 13.1. The lowest BCUT2D eigenvalue weighted by Crippen LogP contribution is -2.83. The summed E-state index contributed by atoms with van der Waals surface area (Å²) in [7, 11) is 0. The van der Waals surface area contributed by atoms with E-state index in [1.807, 2.05) is 17.4 Å². The number of hydrogen-bond donors (Lipinski definition) is 1. The fourth-order valence-corrected chi connectivity index (χ4v) is 4.17. The zero-order valence-electron chi connectivity index (χ0n) is 11.9. The van der Waals surface area contributed by atoms with Gasteiger partial charge in [-0.1, -0.05) is 0 Å². The standard InChI is InChI=1S/C17H14N2O2S/c1-2-13-17(11-3-4-14-15(8-11)21-10-20-14)18-9-16-12(5-7-22-16)19(13)6-1/h1-8,17-18H,9-10H2/p+1. The molecule has 5 heteroatoms. The second-order valence-electron chi connectivity index (χ2n) is 5.56. The Hall–Kier alpha value is -2.24. The Morgan fingerprint density at radius 3 is 3.09 bits per heavy atom. The van der Waals surface area contributed by atoms with E-state index in [-0.39, 0.29) is 6.04 Å². The van der Waals surface area contributed by atoms with E-state index in [1.165, 1.54) is 21.8 Å². The Kier molecular flexibility index (Phi) is 2.59. The maximum Gasteiger partial charge on any atom is 0.231 e. The lowest BCUT2D eigenvalue weighted by Gasteiger charge is -2.15. The number of thiophene rings is 1. The summed E-state index contributed by atoms with van der Waals surface area (Å²) < 4.78 is 13.3. The zero-order chi connectivity index (χ0) is 14.5. The molecule has 1 unspecified atom stereocenters. The summed E-state index contributed by atoms with van der Waals surface area (Å²) in [5, 5.41) is 4.56. The highest BCUT2D eigenvalue weighted by Crippen LogP contribution is 2.36. The molecular formula is C17H15N2O2S+. The molecule has 0 spiro atoms. The molecule has 0 saturated heterocycles. The van der Waals surface area contributed by atoms with Gasteiger partial charge in [0.2, 0.25) is 6.79 Å². The van der Waals surface area contributed by atoms with Crippen molar-refractivity contribution in [3.63, 3.8) is 0 Å². The van der Waals surface area contributed by atoms with Crippen LogP contribution in [0.2, 0.25) is 0 Å². The van der Waals surface area contributed by atoms with Gasteiger partial charge in [0, 0.05) is 11.8 Å². The first-order chi connectivity index (χ1) is 10.9. The average Bonchev–Trinajstić information content (AvgIpc) is 3.25. The quantitative estimate of drug-likeness (QED) is 0.750. The average molecular weight is 311 g/mol. The number of aromatic nitrogens is 1. The monoisotopic (exact) mass is 311 g/mol. The fourth-order valence-electron chi connectivity index (χ4n) is 3.33. The normalized spacial score (nSPS) is 18.6. The van der Waals surface area contributed by atoms with E-state index < -0.39 is 0 Å². The van der Waals surface area contributed by atoms with Crippen molar-refractivity contribution in [1.82, 2.24) is 4.57 Å². The van der Waals surface area contributed by atoms with Crippen LogP contribution in [0, 0.1) is 0 Å². The number of fused-ring (bicyclic) bond motifs is 4. The molecule has 2 aliphatic rings. The molecule has 0 saturated carbocycles. The summed E-state index contributed by atoms with van der Waals surface area (Å²) >= 11 is 1.83. The van der Waals surface area contributed by atoms with Gasteiger partial charge >= 0.3 is 0 Å². The minimum absolute atomic E-state index is 0.268. The van der Waals surface area contributed by atoms with Gasteiger partial charge in [-0.05, 0) is 41.8 Å². The molecule has 4 nitrogen and oxygen atoms in total. The Balaban J connectivity index is 1.63. The first kappa shape index (κ1) is 12.3. The highest BCUT2D eigenvalue weighted by atomic mass is 32.1. The van der Waals surface area contributed by atoms with E-state index in [0.29, 0.717) is 6.79 Å². The lowest BCUT2D eigenvalue weighted by molar-refractivity contribution is -0.701. The number of hydrogen-bond acceptors (Lipinski definition) is 3. The summed E-state index contributed by atoms with van der Waals surface area (Å²) in [5.74, 6) is 1.69. The van der Waals surface area contributed by atoms with Gasteiger partial charge in [0.1, 0.15) is 6.54 Å². The van der Waals surface area contributed by atoms with Crippen LogP contribution in [0.15, 0.2) is 48.0 Å². The van der Waals surface area contributed by atoms with Crippen molar-refractivity contribution in [1.29, 1.82) is 0 Å². The third kappa shape index (κ3) is 1.73. The molecule has 22 heavy (non-hydrogen) atoms. The third-order valence-corrected chi connectivity index (χ3v) is 5.31. The molecule has 0 fully saturated rings. The second kappa shape index (κ2) is 4.63. The van der Waals surface area contributed by atoms with Gasteiger partial charge in [-0.25, -0.2) is 0 Å². The predicted octanol–water partition coefficient (Wildman–Crippen LogP) is 2.43. The molecule has 1 aromatic carbocycles. The minimum Gasteiger partial charge on any atom is -0.454 e. The van der Waals surface area contributed by atoms with Crippen molar-refractivity contribution in [3.8, 4) is 17.2 Å². The fraction of sp³-hybridized carbons (Fsp3) is 0.176. The van der Waals surface area contributed by atoms with Crippen molar-refractivity contribution >= 4 is 11.3 Å². The van der Waals surface area contributed by atoms with Crippen LogP contribution in [0.25, 0.3) is 5.69 Å². The molecule has 4 heterocycles. The van der Waals surface area contributed by atoms with Crippen molar-refractivity contribution in [2.75, 3.05) is 6.79 Å². The maximum absolute atomic E-state index is 5.54. The largest absolute Gasteiger partial charge is 0.454 e. The number of quaternary nitrogens is 1. The first-order valence-corrected chi connectivity index (χ1v) is 8.25. The SMILES string of the molecule is c1cc2n(c1)-c1ccsc1C[NH2+]C2c1ccc2c(c1)OCO2. The van der Waals surface area contributed by atoms with E-state index in [2.05, 4.69) is 51.8 Å². The Morgan fingerprint density at radius 2 is 2.09 bits per heavy atom. The summed E-state index contributed by atoms with van der Waals surface area (Å²) in [4.78, 5) is 1.42. The number of benzene rings is 1. The third-order valence-electron chi connectivity index (χ3n) is 4.38. The number of nitrogens with two attached hydrogens (primary N) is 1. The molecule has 3 aromatic rings. The molecule has 0 radical (unpaired) electrons. The molecule has 110 valence electrons.